The molecule has 0 aliphatic carbocycles. The molecule has 3 heteroatoms. The summed E-state index contributed by atoms with van der Waals surface area (Å²) in [4.78, 5) is 0. The molecule has 17 heavy (non-hydrogen) atoms. The molecule has 0 N–H and O–H groups in total. The van der Waals surface area contributed by atoms with E-state index in [2.05, 4.69) is 54.7 Å². The fraction of sp³-hybridized carbons (Fsp3) is 0.571. The van der Waals surface area contributed by atoms with Gasteiger partial charge in [-0.05, 0) is 23.5 Å². The van der Waals surface area contributed by atoms with Crippen LogP contribution < -0.4 is 0 Å². The molecule has 1 nitrogen and oxygen atoms in total. The van der Waals surface area contributed by atoms with Crippen molar-refractivity contribution in [2.75, 3.05) is 18.1 Å². The normalized spacial score (nSPS) is 19.1. The van der Waals surface area contributed by atoms with Crippen molar-refractivity contribution in [3.05, 3.63) is 35.9 Å². The lowest BCUT2D eigenvalue weighted by molar-refractivity contribution is 0.0964. The lowest BCUT2D eigenvalue weighted by atomic mass is 10.2. The van der Waals surface area contributed by atoms with E-state index in [1.807, 2.05) is 6.07 Å². The molecule has 0 unspecified atom stereocenters. The molecule has 0 amide bonds. The zero-order valence-electron chi connectivity index (χ0n) is 10.3. The van der Waals surface area contributed by atoms with Crippen LogP contribution in [0.4, 0.5) is 0 Å². The van der Waals surface area contributed by atoms with Crippen molar-refractivity contribution < 1.29 is 4.74 Å². The lowest BCUT2D eigenvalue weighted by Crippen LogP contribution is -2.20. The van der Waals surface area contributed by atoms with Gasteiger partial charge in [-0.25, -0.2) is 0 Å². The van der Waals surface area contributed by atoms with Crippen LogP contribution in [0.25, 0.3) is 0 Å². The molecule has 1 fully saturated rings. The molecule has 1 aromatic carbocycles. The van der Waals surface area contributed by atoms with Crippen molar-refractivity contribution in [2.45, 2.75) is 24.5 Å². The van der Waals surface area contributed by atoms with Crippen molar-refractivity contribution in [3.8, 4) is 0 Å². The second-order valence-corrected chi connectivity index (χ2v) is 7.24. The average molecular weight is 268 g/mol. The van der Waals surface area contributed by atoms with Gasteiger partial charge in [0.05, 0.1) is 17.8 Å². The molecular weight excluding hydrogens is 248 g/mol. The second-order valence-electron chi connectivity index (χ2n) is 4.44. The summed E-state index contributed by atoms with van der Waals surface area (Å²) >= 11 is 4.20. The average Bonchev–Trinajstić information content (AvgIpc) is 2.41. The first-order valence-electron chi connectivity index (χ1n) is 6.21. The first-order valence-corrected chi connectivity index (χ1v) is 8.31. The first kappa shape index (κ1) is 13.3. The van der Waals surface area contributed by atoms with E-state index in [0.29, 0.717) is 5.92 Å². The molecule has 2 rings (SSSR count). The molecule has 1 saturated heterocycles. The quantitative estimate of drug-likeness (QED) is 0.798. The highest BCUT2D eigenvalue weighted by atomic mass is 32.2. The van der Waals surface area contributed by atoms with E-state index < -0.39 is 0 Å². The molecule has 94 valence electrons. The standard InChI is InChI=1S/C14H20OS2/c1-12(14-16-8-5-9-17-14)10-15-11-13-6-3-2-4-7-13/h2-4,6-7,12,14H,5,8-11H2,1H3/t12-/m0/s1. The Hall–Kier alpha value is -0.120. The summed E-state index contributed by atoms with van der Waals surface area (Å²) < 4.78 is 6.54. The highest BCUT2D eigenvalue weighted by Crippen LogP contribution is 2.35. The van der Waals surface area contributed by atoms with E-state index in [9.17, 15) is 0 Å². The first-order chi connectivity index (χ1) is 8.36. The third-order valence-corrected chi connectivity index (χ3v) is 6.26. The summed E-state index contributed by atoms with van der Waals surface area (Å²) in [5, 5.41) is 0. The Bertz CT molecular complexity index is 309. The van der Waals surface area contributed by atoms with E-state index in [4.69, 9.17) is 4.74 Å². The number of thioether (sulfide) groups is 2. The number of benzene rings is 1. The Balaban J connectivity index is 1.67. The Labute approximate surface area is 113 Å². The highest BCUT2D eigenvalue weighted by molar-refractivity contribution is 8.17. The Morgan fingerprint density at radius 3 is 2.65 bits per heavy atom. The molecular formula is C14H20OS2. The Morgan fingerprint density at radius 2 is 1.94 bits per heavy atom. The van der Waals surface area contributed by atoms with Gasteiger partial charge >= 0.3 is 0 Å². The minimum Gasteiger partial charge on any atom is -0.376 e. The van der Waals surface area contributed by atoms with Crippen LogP contribution in [-0.2, 0) is 11.3 Å². The fourth-order valence-electron chi connectivity index (χ4n) is 1.85. The summed E-state index contributed by atoms with van der Waals surface area (Å²) in [5.74, 6) is 3.29. The number of rotatable bonds is 5. The van der Waals surface area contributed by atoms with E-state index >= 15 is 0 Å². The van der Waals surface area contributed by atoms with Gasteiger partial charge in [0, 0.05) is 5.92 Å². The zero-order chi connectivity index (χ0) is 11.9. The molecule has 0 aromatic heterocycles. The van der Waals surface area contributed by atoms with Crippen molar-refractivity contribution in [2.24, 2.45) is 5.92 Å². The van der Waals surface area contributed by atoms with Crippen LogP contribution in [0.15, 0.2) is 30.3 Å². The van der Waals surface area contributed by atoms with Gasteiger partial charge in [-0.3, -0.25) is 0 Å². The second kappa shape index (κ2) is 7.34. The van der Waals surface area contributed by atoms with Crippen LogP contribution in [0.3, 0.4) is 0 Å². The minimum absolute atomic E-state index is 0.647. The van der Waals surface area contributed by atoms with Gasteiger partial charge in [0.1, 0.15) is 0 Å². The maximum Gasteiger partial charge on any atom is 0.0717 e. The molecule has 1 aromatic rings. The van der Waals surface area contributed by atoms with Crippen LogP contribution in [0.5, 0.6) is 0 Å². The SMILES string of the molecule is C[C@@H](COCc1ccccc1)C1SCCCS1. The maximum absolute atomic E-state index is 5.81. The largest absolute Gasteiger partial charge is 0.376 e. The Morgan fingerprint density at radius 1 is 1.24 bits per heavy atom. The zero-order valence-corrected chi connectivity index (χ0v) is 11.9. The van der Waals surface area contributed by atoms with Crippen molar-refractivity contribution >= 4 is 23.5 Å². The van der Waals surface area contributed by atoms with Crippen molar-refractivity contribution in [3.63, 3.8) is 0 Å². The molecule has 1 atom stereocenters. The smallest absolute Gasteiger partial charge is 0.0717 e. The predicted molar refractivity (Wildman–Crippen MR) is 78.6 cm³/mol. The minimum atomic E-state index is 0.647. The van der Waals surface area contributed by atoms with Gasteiger partial charge in [0.15, 0.2) is 0 Å². The summed E-state index contributed by atoms with van der Waals surface area (Å²) in [5.41, 5.74) is 1.27. The monoisotopic (exact) mass is 268 g/mol. The van der Waals surface area contributed by atoms with Crippen LogP contribution in [-0.4, -0.2) is 22.7 Å². The molecule has 0 radical (unpaired) electrons. The van der Waals surface area contributed by atoms with E-state index in [0.717, 1.165) is 17.8 Å². The summed E-state index contributed by atoms with van der Waals surface area (Å²) in [6.45, 7) is 3.92. The van der Waals surface area contributed by atoms with Gasteiger partial charge < -0.3 is 4.74 Å². The van der Waals surface area contributed by atoms with E-state index in [1.165, 1.54) is 23.5 Å². The molecule has 1 aliphatic heterocycles. The van der Waals surface area contributed by atoms with Gasteiger partial charge in [-0.1, -0.05) is 37.3 Å². The molecule has 0 saturated carbocycles. The summed E-state index contributed by atoms with van der Waals surface area (Å²) in [7, 11) is 0. The third-order valence-electron chi connectivity index (χ3n) is 2.81. The van der Waals surface area contributed by atoms with Crippen LogP contribution in [0.2, 0.25) is 0 Å². The van der Waals surface area contributed by atoms with Crippen molar-refractivity contribution in [1.82, 2.24) is 0 Å². The van der Waals surface area contributed by atoms with Crippen LogP contribution in [0.1, 0.15) is 18.9 Å². The van der Waals surface area contributed by atoms with Gasteiger partial charge in [-0.2, -0.15) is 0 Å². The number of ether oxygens (including phenoxy) is 1. The molecule has 1 aliphatic rings. The molecule has 1 heterocycles. The van der Waals surface area contributed by atoms with E-state index in [1.54, 1.807) is 0 Å². The summed E-state index contributed by atoms with van der Waals surface area (Å²) in [6, 6.07) is 10.4. The Kier molecular flexibility index (Phi) is 5.75. The van der Waals surface area contributed by atoms with Gasteiger partial charge in [0.25, 0.3) is 0 Å². The fourth-order valence-corrected chi connectivity index (χ4v) is 4.90. The molecule has 0 bridgehead atoms. The summed E-state index contributed by atoms with van der Waals surface area (Å²) in [6.07, 6.45) is 1.36. The van der Waals surface area contributed by atoms with Gasteiger partial charge in [-0.15, -0.1) is 23.5 Å². The van der Waals surface area contributed by atoms with Gasteiger partial charge in [0.2, 0.25) is 0 Å². The molecule has 0 spiro atoms. The topological polar surface area (TPSA) is 9.23 Å². The van der Waals surface area contributed by atoms with Crippen LogP contribution >= 0.6 is 23.5 Å². The third kappa shape index (κ3) is 4.57. The maximum atomic E-state index is 5.81. The number of hydrogen-bond acceptors (Lipinski definition) is 3. The van der Waals surface area contributed by atoms with Crippen molar-refractivity contribution in [1.29, 1.82) is 0 Å². The highest BCUT2D eigenvalue weighted by Gasteiger charge is 2.21. The lowest BCUT2D eigenvalue weighted by Gasteiger charge is -2.26. The predicted octanol–water partition coefficient (Wildman–Crippen LogP) is 4.04. The number of hydrogen-bond donors (Lipinski definition) is 0. The van der Waals surface area contributed by atoms with Crippen LogP contribution in [0, 0.1) is 5.92 Å². The van der Waals surface area contributed by atoms with E-state index in [-0.39, 0.29) is 0 Å².